The van der Waals surface area contributed by atoms with Crippen molar-refractivity contribution in [2.75, 3.05) is 45.3 Å². The third-order valence-corrected chi connectivity index (χ3v) is 3.94. The maximum Gasteiger partial charge on any atom is 0.230 e. The van der Waals surface area contributed by atoms with Crippen LogP contribution in [0.25, 0.3) is 0 Å². The summed E-state index contributed by atoms with van der Waals surface area (Å²) in [6.07, 6.45) is 3.47. The maximum absolute atomic E-state index is 12.7. The van der Waals surface area contributed by atoms with Crippen LogP contribution in [0, 0.1) is 0 Å². The number of nitrogens with one attached hydrogen (secondary N) is 1. The quantitative estimate of drug-likeness (QED) is 0.755. The molecule has 1 amide bonds. The highest BCUT2D eigenvalue weighted by atomic mass is 16.5. The van der Waals surface area contributed by atoms with Gasteiger partial charge in [-0.15, -0.1) is 0 Å². The van der Waals surface area contributed by atoms with Crippen LogP contribution in [0.3, 0.4) is 0 Å². The van der Waals surface area contributed by atoms with Crippen LogP contribution in [0.4, 0.5) is 5.82 Å². The summed E-state index contributed by atoms with van der Waals surface area (Å²) in [6, 6.07) is 5.06. The number of rotatable bonds is 7. The van der Waals surface area contributed by atoms with E-state index < -0.39 is 0 Å². The van der Waals surface area contributed by atoms with E-state index in [2.05, 4.69) is 15.3 Å². The number of ether oxygens (including phenoxy) is 2. The van der Waals surface area contributed by atoms with Gasteiger partial charge in [-0.1, -0.05) is 0 Å². The zero-order valence-electron chi connectivity index (χ0n) is 14.2. The average Bonchev–Trinajstić information content (AvgIpc) is 3.15. The lowest BCUT2D eigenvalue weighted by molar-refractivity contribution is -0.140. The fraction of sp³-hybridized carbons (Fsp3) is 0.471. The molecule has 1 N–H and O–H groups in total. The fourth-order valence-electron chi connectivity index (χ4n) is 2.69. The molecule has 8 nitrogen and oxygen atoms in total. The molecule has 1 aliphatic heterocycles. The van der Waals surface area contributed by atoms with Crippen molar-refractivity contribution in [3.8, 4) is 0 Å². The number of hydrogen-bond acceptors (Lipinski definition) is 7. The molecule has 3 heterocycles. The van der Waals surface area contributed by atoms with Crippen molar-refractivity contribution in [2.24, 2.45) is 0 Å². The molecule has 1 atom stereocenters. The van der Waals surface area contributed by atoms with E-state index >= 15 is 0 Å². The molecule has 1 aliphatic rings. The molecule has 25 heavy (non-hydrogen) atoms. The first kappa shape index (κ1) is 17.4. The van der Waals surface area contributed by atoms with E-state index in [4.69, 9.17) is 13.9 Å². The van der Waals surface area contributed by atoms with Crippen LogP contribution >= 0.6 is 0 Å². The molecule has 3 rings (SSSR count). The topological polar surface area (TPSA) is 89.7 Å². The summed E-state index contributed by atoms with van der Waals surface area (Å²) < 4.78 is 15.9. The number of nitrogens with zero attached hydrogens (tertiary/aromatic N) is 3. The molecule has 134 valence electrons. The van der Waals surface area contributed by atoms with Gasteiger partial charge in [0.15, 0.2) is 5.82 Å². The minimum absolute atomic E-state index is 0.0235. The van der Waals surface area contributed by atoms with Crippen molar-refractivity contribution in [2.45, 2.75) is 12.5 Å². The Bertz CT molecular complexity index is 677. The maximum atomic E-state index is 12.7. The molecule has 2 aromatic heterocycles. The number of methoxy groups -OCH3 is 1. The Kier molecular flexibility index (Phi) is 5.97. The first-order valence-electron chi connectivity index (χ1n) is 8.23. The summed E-state index contributed by atoms with van der Waals surface area (Å²) in [5.41, 5.74) is 0. The molecule has 0 aromatic carbocycles. The summed E-state index contributed by atoms with van der Waals surface area (Å²) in [5.74, 6) is 1.89. The third-order valence-electron chi connectivity index (χ3n) is 3.94. The van der Waals surface area contributed by atoms with Crippen LogP contribution in [-0.4, -0.2) is 60.8 Å². The fourth-order valence-corrected chi connectivity index (χ4v) is 2.69. The molecular weight excluding hydrogens is 324 g/mol. The lowest BCUT2D eigenvalue weighted by Crippen LogP contribution is -2.44. The lowest BCUT2D eigenvalue weighted by atomic mass is 10.1. The van der Waals surface area contributed by atoms with Gasteiger partial charge in [0.25, 0.3) is 0 Å². The van der Waals surface area contributed by atoms with Gasteiger partial charge in [0, 0.05) is 26.4 Å². The first-order chi connectivity index (χ1) is 12.3. The van der Waals surface area contributed by atoms with Crippen LogP contribution in [0.2, 0.25) is 0 Å². The minimum atomic E-state index is -0.305. The number of morpholine rings is 1. The van der Waals surface area contributed by atoms with Gasteiger partial charge in [0.1, 0.15) is 17.6 Å². The second-order valence-electron chi connectivity index (χ2n) is 5.65. The van der Waals surface area contributed by atoms with Crippen molar-refractivity contribution in [3.05, 3.63) is 42.2 Å². The average molecular weight is 346 g/mol. The number of aromatic nitrogens is 2. The molecule has 1 fully saturated rings. The van der Waals surface area contributed by atoms with Crippen LogP contribution in [0.1, 0.15) is 17.6 Å². The first-order valence-corrected chi connectivity index (χ1v) is 8.23. The van der Waals surface area contributed by atoms with Gasteiger partial charge in [-0.25, -0.2) is 9.97 Å². The molecule has 1 saturated heterocycles. The molecule has 2 aromatic rings. The highest BCUT2D eigenvalue weighted by Crippen LogP contribution is 2.23. The number of amides is 1. The van der Waals surface area contributed by atoms with E-state index in [-0.39, 0.29) is 18.4 Å². The van der Waals surface area contributed by atoms with E-state index in [1.807, 2.05) is 0 Å². The molecule has 0 unspecified atom stereocenters. The van der Waals surface area contributed by atoms with E-state index in [9.17, 15) is 4.79 Å². The van der Waals surface area contributed by atoms with E-state index in [0.717, 1.165) is 0 Å². The normalized spacial score (nSPS) is 17.5. The van der Waals surface area contributed by atoms with Gasteiger partial charge in [-0.2, -0.15) is 0 Å². The summed E-state index contributed by atoms with van der Waals surface area (Å²) in [7, 11) is 1.65. The van der Waals surface area contributed by atoms with Gasteiger partial charge < -0.3 is 24.1 Å². The van der Waals surface area contributed by atoms with E-state index in [1.165, 1.54) is 0 Å². The van der Waals surface area contributed by atoms with Gasteiger partial charge >= 0.3 is 0 Å². The van der Waals surface area contributed by atoms with E-state index in [0.29, 0.717) is 50.3 Å². The predicted molar refractivity (Wildman–Crippen MR) is 90.1 cm³/mol. The van der Waals surface area contributed by atoms with Crippen LogP contribution < -0.4 is 5.32 Å². The monoisotopic (exact) mass is 346 g/mol. The number of hydrogen-bond donors (Lipinski definition) is 1. The van der Waals surface area contributed by atoms with Crippen LogP contribution in [-0.2, 0) is 20.7 Å². The molecule has 0 spiro atoms. The van der Waals surface area contributed by atoms with Gasteiger partial charge in [-0.05, 0) is 18.2 Å². The Morgan fingerprint density at radius 3 is 3.20 bits per heavy atom. The highest BCUT2D eigenvalue weighted by molar-refractivity contribution is 5.78. The molecule has 0 radical (unpaired) electrons. The van der Waals surface area contributed by atoms with Crippen molar-refractivity contribution >= 4 is 11.7 Å². The molecular formula is C17H22N4O4. The van der Waals surface area contributed by atoms with Gasteiger partial charge in [-0.3, -0.25) is 4.79 Å². The summed E-state index contributed by atoms with van der Waals surface area (Å²) >= 11 is 0. The van der Waals surface area contributed by atoms with Crippen molar-refractivity contribution in [1.82, 2.24) is 14.9 Å². The standard InChI is InChI=1S/C17H22N4O4/c1-23-9-6-18-15-4-5-19-17(20-15)14-12-24-10-7-21(14)16(22)11-13-3-2-8-25-13/h2-5,8,14H,6-7,9-12H2,1H3,(H,18,19,20)/t14-/m0/s1. The Labute approximate surface area is 146 Å². The zero-order chi connectivity index (χ0) is 17.5. The molecule has 0 bridgehead atoms. The number of carbonyl (C=O) groups excluding carboxylic acids is 1. The van der Waals surface area contributed by atoms with Crippen molar-refractivity contribution in [3.63, 3.8) is 0 Å². The number of furan rings is 1. The summed E-state index contributed by atoms with van der Waals surface area (Å²) in [6.45, 7) is 2.63. The van der Waals surface area contributed by atoms with Crippen molar-refractivity contribution in [1.29, 1.82) is 0 Å². The smallest absolute Gasteiger partial charge is 0.230 e. The zero-order valence-corrected chi connectivity index (χ0v) is 14.2. The Hall–Kier alpha value is -2.45. The molecule has 0 aliphatic carbocycles. The van der Waals surface area contributed by atoms with E-state index in [1.54, 1.807) is 42.7 Å². The second-order valence-corrected chi connectivity index (χ2v) is 5.65. The third kappa shape index (κ3) is 4.55. The minimum Gasteiger partial charge on any atom is -0.469 e. The number of anilines is 1. The SMILES string of the molecule is COCCNc1ccnc([C@@H]2COCCN2C(=O)Cc2ccco2)n1. The Morgan fingerprint density at radius 2 is 2.40 bits per heavy atom. The molecule has 8 heteroatoms. The highest BCUT2D eigenvalue weighted by Gasteiger charge is 2.31. The predicted octanol–water partition coefficient (Wildman–Crippen LogP) is 1.27. The summed E-state index contributed by atoms with van der Waals surface area (Å²) in [4.78, 5) is 23.3. The van der Waals surface area contributed by atoms with Crippen LogP contribution in [0.5, 0.6) is 0 Å². The largest absolute Gasteiger partial charge is 0.469 e. The Morgan fingerprint density at radius 1 is 1.48 bits per heavy atom. The second kappa shape index (κ2) is 8.59. The molecule has 0 saturated carbocycles. The van der Waals surface area contributed by atoms with Gasteiger partial charge in [0.05, 0.1) is 32.5 Å². The van der Waals surface area contributed by atoms with Crippen molar-refractivity contribution < 1.29 is 18.7 Å². The number of carbonyl (C=O) groups is 1. The van der Waals surface area contributed by atoms with Gasteiger partial charge in [0.2, 0.25) is 5.91 Å². The summed E-state index contributed by atoms with van der Waals surface area (Å²) in [5, 5.41) is 3.17. The van der Waals surface area contributed by atoms with Crippen LogP contribution in [0.15, 0.2) is 35.1 Å². The Balaban J connectivity index is 1.71. The lowest BCUT2D eigenvalue weighted by Gasteiger charge is -2.34.